The summed E-state index contributed by atoms with van der Waals surface area (Å²) in [6.07, 6.45) is -1.91. The average Bonchev–Trinajstić information content (AvgIpc) is 3.24. The Morgan fingerprint density at radius 1 is 1.50 bits per heavy atom. The van der Waals surface area contributed by atoms with Gasteiger partial charge >= 0.3 is 6.18 Å². The average molecular weight is 519 g/mol. The number of hydrogen-bond acceptors (Lipinski definition) is 4. The van der Waals surface area contributed by atoms with Gasteiger partial charge in [-0.3, -0.25) is 4.99 Å². The first-order chi connectivity index (χ1) is 12.7. The molecule has 2 unspecified atom stereocenters. The maximum atomic E-state index is 13.6. The van der Waals surface area contributed by atoms with Gasteiger partial charge in [0.15, 0.2) is 5.96 Å². The Balaban J connectivity index is 0.00000392. The van der Waals surface area contributed by atoms with Crippen LogP contribution in [-0.2, 0) is 17.4 Å². The molecule has 2 heterocycles. The Kier molecular flexibility index (Phi) is 9.47. The highest BCUT2D eigenvalue weighted by Crippen LogP contribution is 2.40. The van der Waals surface area contributed by atoms with Crippen LogP contribution in [0.5, 0.6) is 0 Å². The lowest BCUT2D eigenvalue weighted by atomic mass is 9.98. The summed E-state index contributed by atoms with van der Waals surface area (Å²) in [7, 11) is 3.26. The van der Waals surface area contributed by atoms with Crippen molar-refractivity contribution in [3.63, 3.8) is 0 Å². The molecule has 0 radical (unpaired) electrons. The lowest BCUT2D eigenvalue weighted by Crippen LogP contribution is -2.45. The molecule has 2 rings (SSSR count). The topological polar surface area (TPSA) is 74.9 Å². The van der Waals surface area contributed by atoms with Gasteiger partial charge in [0.2, 0.25) is 5.60 Å². The minimum absolute atomic E-state index is 0. The quantitative estimate of drug-likeness (QED) is 0.328. The van der Waals surface area contributed by atoms with Crippen molar-refractivity contribution in [2.24, 2.45) is 18.0 Å². The zero-order valence-corrected chi connectivity index (χ0v) is 18.7. The Labute approximate surface area is 180 Å². The molecule has 1 aliphatic rings. The number of nitrogens with one attached hydrogen (secondary N) is 1. The number of rotatable bonds is 7. The SMILES string of the molecule is CCNC(=NCCC(O)(c1nccn1C)C(F)(F)F)N(C)CC1CCOC1.I. The third kappa shape index (κ3) is 5.96. The van der Waals surface area contributed by atoms with Crippen molar-refractivity contribution in [1.82, 2.24) is 19.8 Å². The Morgan fingerprint density at radius 2 is 2.21 bits per heavy atom. The standard InChI is InChI=1S/C17H28F3N5O2.HI/c1-4-21-15(25(3)11-13-5-10-27-12-13)23-7-6-16(26,17(18,19)20)14-22-8-9-24(14)2;/h8-9,13,26H,4-7,10-12H2,1-3H3,(H,21,23);1H. The van der Waals surface area contributed by atoms with Crippen LogP contribution < -0.4 is 5.32 Å². The van der Waals surface area contributed by atoms with E-state index in [2.05, 4.69) is 15.3 Å². The lowest BCUT2D eigenvalue weighted by molar-refractivity contribution is -0.272. The van der Waals surface area contributed by atoms with Crippen molar-refractivity contribution in [3.05, 3.63) is 18.2 Å². The van der Waals surface area contributed by atoms with E-state index in [0.717, 1.165) is 13.0 Å². The lowest BCUT2D eigenvalue weighted by Gasteiger charge is -2.30. The predicted molar refractivity (Wildman–Crippen MR) is 111 cm³/mol. The van der Waals surface area contributed by atoms with E-state index in [9.17, 15) is 18.3 Å². The van der Waals surface area contributed by atoms with Crippen molar-refractivity contribution in [3.8, 4) is 0 Å². The number of guanidine groups is 1. The number of imidazole rings is 1. The molecule has 0 amide bonds. The number of halogens is 4. The van der Waals surface area contributed by atoms with E-state index in [1.165, 1.54) is 24.0 Å². The van der Waals surface area contributed by atoms with Crippen LogP contribution in [-0.4, -0.2) is 71.6 Å². The molecule has 1 aromatic rings. The molecule has 0 aromatic carbocycles. The summed E-state index contributed by atoms with van der Waals surface area (Å²) in [5, 5.41) is 13.5. The number of aryl methyl sites for hydroxylation is 1. The second kappa shape index (κ2) is 10.6. The summed E-state index contributed by atoms with van der Waals surface area (Å²) in [6.45, 7) is 4.39. The highest BCUT2D eigenvalue weighted by atomic mass is 127. The van der Waals surface area contributed by atoms with Gasteiger partial charge in [-0.1, -0.05) is 0 Å². The number of nitrogens with zero attached hydrogens (tertiary/aromatic N) is 4. The predicted octanol–water partition coefficient (Wildman–Crippen LogP) is 2.11. The van der Waals surface area contributed by atoms with E-state index in [1.807, 2.05) is 18.9 Å². The van der Waals surface area contributed by atoms with Gasteiger partial charge in [0.25, 0.3) is 0 Å². The van der Waals surface area contributed by atoms with E-state index in [-0.39, 0.29) is 30.5 Å². The van der Waals surface area contributed by atoms with Gasteiger partial charge in [0.1, 0.15) is 5.82 Å². The van der Waals surface area contributed by atoms with Crippen LogP contribution in [0.15, 0.2) is 17.4 Å². The second-order valence-corrected chi connectivity index (χ2v) is 6.82. The van der Waals surface area contributed by atoms with Crippen LogP contribution in [0.2, 0.25) is 0 Å². The summed E-state index contributed by atoms with van der Waals surface area (Å²) in [5.74, 6) is 0.443. The Bertz CT molecular complexity index is 635. The molecule has 7 nitrogen and oxygen atoms in total. The summed E-state index contributed by atoms with van der Waals surface area (Å²) >= 11 is 0. The molecule has 1 fully saturated rings. The normalized spacial score (nSPS) is 19.8. The van der Waals surface area contributed by atoms with Crippen molar-refractivity contribution in [2.45, 2.75) is 31.5 Å². The number of aliphatic hydroxyl groups is 1. The minimum atomic E-state index is -4.85. The summed E-state index contributed by atoms with van der Waals surface area (Å²) in [4.78, 5) is 9.87. The van der Waals surface area contributed by atoms with Gasteiger partial charge in [-0.2, -0.15) is 13.2 Å². The minimum Gasteiger partial charge on any atom is -0.381 e. The molecular weight excluding hydrogens is 490 g/mol. The Hall–Kier alpha value is -1.08. The van der Waals surface area contributed by atoms with Crippen molar-refractivity contribution >= 4 is 29.9 Å². The number of aliphatic imine (C=N–C) groups is 1. The van der Waals surface area contributed by atoms with Gasteiger partial charge in [-0.15, -0.1) is 24.0 Å². The molecular formula is C17H29F3IN5O2. The van der Waals surface area contributed by atoms with E-state index in [4.69, 9.17) is 4.74 Å². The van der Waals surface area contributed by atoms with Gasteiger partial charge in [0, 0.05) is 65.1 Å². The molecule has 162 valence electrons. The fraction of sp³-hybridized carbons (Fsp3) is 0.765. The molecule has 2 atom stereocenters. The van der Waals surface area contributed by atoms with E-state index < -0.39 is 24.0 Å². The fourth-order valence-electron chi connectivity index (χ4n) is 3.14. The maximum Gasteiger partial charge on any atom is 0.424 e. The van der Waals surface area contributed by atoms with Crippen LogP contribution >= 0.6 is 24.0 Å². The molecule has 0 aliphatic carbocycles. The smallest absolute Gasteiger partial charge is 0.381 e. The molecule has 0 saturated carbocycles. The second-order valence-electron chi connectivity index (χ2n) is 6.82. The third-order valence-electron chi connectivity index (χ3n) is 4.65. The number of aromatic nitrogens is 2. The largest absolute Gasteiger partial charge is 0.424 e. The Morgan fingerprint density at radius 3 is 2.71 bits per heavy atom. The van der Waals surface area contributed by atoms with E-state index in [1.54, 1.807) is 0 Å². The van der Waals surface area contributed by atoms with Crippen LogP contribution in [0, 0.1) is 5.92 Å². The van der Waals surface area contributed by atoms with Crippen LogP contribution in [0.4, 0.5) is 13.2 Å². The first kappa shape index (κ1) is 25.0. The van der Waals surface area contributed by atoms with Crippen LogP contribution in [0.1, 0.15) is 25.6 Å². The van der Waals surface area contributed by atoms with Crippen LogP contribution in [0.3, 0.4) is 0 Å². The molecule has 1 saturated heterocycles. The van der Waals surface area contributed by atoms with Gasteiger partial charge in [0.05, 0.1) is 6.61 Å². The third-order valence-corrected chi connectivity index (χ3v) is 4.65. The first-order valence-corrected chi connectivity index (χ1v) is 9.03. The molecule has 1 aromatic heterocycles. The highest BCUT2D eigenvalue weighted by molar-refractivity contribution is 14.0. The zero-order valence-electron chi connectivity index (χ0n) is 16.4. The molecule has 0 bridgehead atoms. The van der Waals surface area contributed by atoms with Crippen LogP contribution in [0.25, 0.3) is 0 Å². The number of hydrogen-bond donors (Lipinski definition) is 2. The summed E-state index contributed by atoms with van der Waals surface area (Å²) in [6, 6.07) is 0. The molecule has 1 aliphatic heterocycles. The molecule has 2 N–H and O–H groups in total. The maximum absolute atomic E-state index is 13.6. The molecule has 28 heavy (non-hydrogen) atoms. The number of ether oxygens (including phenoxy) is 1. The van der Waals surface area contributed by atoms with Gasteiger partial charge in [-0.25, -0.2) is 4.98 Å². The van der Waals surface area contributed by atoms with Crippen molar-refractivity contribution in [1.29, 1.82) is 0 Å². The van der Waals surface area contributed by atoms with Gasteiger partial charge in [-0.05, 0) is 13.3 Å². The first-order valence-electron chi connectivity index (χ1n) is 9.03. The summed E-state index contributed by atoms with van der Waals surface area (Å²) in [5.41, 5.74) is -3.05. The number of alkyl halides is 3. The fourth-order valence-corrected chi connectivity index (χ4v) is 3.14. The van der Waals surface area contributed by atoms with Crippen molar-refractivity contribution in [2.75, 3.05) is 39.9 Å². The van der Waals surface area contributed by atoms with E-state index in [0.29, 0.717) is 31.6 Å². The highest BCUT2D eigenvalue weighted by Gasteiger charge is 2.57. The van der Waals surface area contributed by atoms with Crippen molar-refractivity contribution < 1.29 is 23.0 Å². The van der Waals surface area contributed by atoms with E-state index >= 15 is 0 Å². The summed E-state index contributed by atoms with van der Waals surface area (Å²) < 4.78 is 47.2. The van der Waals surface area contributed by atoms with Gasteiger partial charge < -0.3 is 24.6 Å². The molecule has 11 heteroatoms. The molecule has 0 spiro atoms. The monoisotopic (exact) mass is 519 g/mol. The zero-order chi connectivity index (χ0) is 20.1.